The zero-order valence-corrected chi connectivity index (χ0v) is 13.3. The van der Waals surface area contributed by atoms with Gasteiger partial charge in [-0.15, -0.1) is 0 Å². The Morgan fingerprint density at radius 2 is 1.71 bits per heavy atom. The van der Waals surface area contributed by atoms with Crippen LogP contribution < -0.4 is 10.6 Å². The Morgan fingerprint density at radius 1 is 0.917 bits per heavy atom. The lowest BCUT2D eigenvalue weighted by Gasteiger charge is -2.10. The lowest BCUT2D eigenvalue weighted by atomic mass is 10.1. The first-order valence-electron chi connectivity index (χ1n) is 8.21. The van der Waals surface area contributed by atoms with Gasteiger partial charge in [0, 0.05) is 23.8 Å². The van der Waals surface area contributed by atoms with Gasteiger partial charge in [-0.2, -0.15) is 4.98 Å². The van der Waals surface area contributed by atoms with Gasteiger partial charge in [-0.3, -0.25) is 0 Å². The molecule has 1 fully saturated rings. The van der Waals surface area contributed by atoms with Crippen LogP contribution in [-0.2, 0) is 6.54 Å². The third-order valence-electron chi connectivity index (χ3n) is 4.02. The summed E-state index contributed by atoms with van der Waals surface area (Å²) in [5.41, 5.74) is 3.21. The number of rotatable bonds is 6. The van der Waals surface area contributed by atoms with Gasteiger partial charge in [0.1, 0.15) is 6.33 Å². The first kappa shape index (κ1) is 14.8. The molecule has 2 N–H and O–H groups in total. The summed E-state index contributed by atoms with van der Waals surface area (Å²) in [6, 6.07) is 18.8. The van der Waals surface area contributed by atoms with E-state index in [1.165, 1.54) is 18.4 Å². The van der Waals surface area contributed by atoms with Crippen LogP contribution in [0.3, 0.4) is 0 Å². The number of nitrogens with one attached hydrogen (secondary N) is 2. The van der Waals surface area contributed by atoms with Gasteiger partial charge in [-0.1, -0.05) is 42.5 Å². The maximum Gasteiger partial charge on any atom is 0.230 e. The van der Waals surface area contributed by atoms with Gasteiger partial charge in [-0.05, 0) is 30.5 Å². The Balaban J connectivity index is 1.58. The van der Waals surface area contributed by atoms with Crippen LogP contribution in [0.5, 0.6) is 0 Å². The van der Waals surface area contributed by atoms with E-state index in [9.17, 15) is 0 Å². The minimum absolute atomic E-state index is 0.552. The van der Waals surface area contributed by atoms with Gasteiger partial charge in [0.05, 0.1) is 0 Å². The molecule has 0 atom stereocenters. The summed E-state index contributed by atoms with van der Waals surface area (Å²) in [5.74, 6) is 1.24. The zero-order valence-electron chi connectivity index (χ0n) is 13.3. The van der Waals surface area contributed by atoms with E-state index >= 15 is 0 Å². The molecule has 0 amide bonds. The number of para-hydroxylation sites is 1. The molecule has 5 heteroatoms. The summed E-state index contributed by atoms with van der Waals surface area (Å²) in [7, 11) is 0. The van der Waals surface area contributed by atoms with Gasteiger partial charge in [-0.25, -0.2) is 9.97 Å². The summed E-state index contributed by atoms with van der Waals surface area (Å²) >= 11 is 0. The van der Waals surface area contributed by atoms with E-state index in [0.29, 0.717) is 17.8 Å². The monoisotopic (exact) mass is 317 g/mol. The molecule has 1 aromatic heterocycles. The van der Waals surface area contributed by atoms with Crippen molar-refractivity contribution in [3.05, 3.63) is 66.5 Å². The topological polar surface area (TPSA) is 62.7 Å². The van der Waals surface area contributed by atoms with Gasteiger partial charge >= 0.3 is 0 Å². The van der Waals surface area contributed by atoms with Crippen LogP contribution >= 0.6 is 0 Å². The van der Waals surface area contributed by atoms with Crippen LogP contribution in [0.2, 0.25) is 0 Å². The Labute approximate surface area is 141 Å². The maximum absolute atomic E-state index is 4.58. The molecule has 0 unspecified atom stereocenters. The second kappa shape index (κ2) is 6.76. The van der Waals surface area contributed by atoms with Crippen molar-refractivity contribution < 1.29 is 0 Å². The Morgan fingerprint density at radius 3 is 2.54 bits per heavy atom. The van der Waals surface area contributed by atoms with Crippen molar-refractivity contribution in [3.8, 4) is 11.4 Å². The first-order valence-corrected chi connectivity index (χ1v) is 8.21. The number of nitrogens with zero attached hydrogens (tertiary/aromatic N) is 3. The van der Waals surface area contributed by atoms with Crippen LogP contribution in [0.25, 0.3) is 11.4 Å². The highest BCUT2D eigenvalue weighted by Gasteiger charge is 2.20. The Kier molecular flexibility index (Phi) is 4.16. The van der Waals surface area contributed by atoms with Crippen LogP contribution in [0.15, 0.2) is 60.9 Å². The standard InChI is InChI=1S/C19H19N5/c1-2-7-16(8-3-1)23-19-22-13-21-18(24-19)17-9-5-4-6-14(17)12-20-15-10-11-15/h1-9,13,15,20H,10-12H2,(H,21,22,23,24). The molecule has 5 nitrogen and oxygen atoms in total. The molecule has 0 aliphatic heterocycles. The van der Waals surface area contributed by atoms with Gasteiger partial charge < -0.3 is 10.6 Å². The molecule has 3 aromatic rings. The van der Waals surface area contributed by atoms with Gasteiger partial charge in [0.2, 0.25) is 5.95 Å². The highest BCUT2D eigenvalue weighted by Crippen LogP contribution is 2.24. The van der Waals surface area contributed by atoms with Crippen LogP contribution in [-0.4, -0.2) is 21.0 Å². The average Bonchev–Trinajstić information content (AvgIpc) is 3.46. The summed E-state index contributed by atoms with van der Waals surface area (Å²) in [6.45, 7) is 0.841. The third-order valence-corrected chi connectivity index (χ3v) is 4.02. The van der Waals surface area contributed by atoms with Crippen molar-refractivity contribution in [1.29, 1.82) is 0 Å². The minimum Gasteiger partial charge on any atom is -0.324 e. The number of anilines is 2. The van der Waals surface area contributed by atoms with E-state index in [0.717, 1.165) is 17.8 Å². The summed E-state index contributed by atoms with van der Waals surface area (Å²) < 4.78 is 0. The molecule has 2 aromatic carbocycles. The highest BCUT2D eigenvalue weighted by molar-refractivity contribution is 5.62. The molecule has 0 radical (unpaired) electrons. The van der Waals surface area contributed by atoms with E-state index in [-0.39, 0.29) is 0 Å². The van der Waals surface area contributed by atoms with Crippen molar-refractivity contribution in [3.63, 3.8) is 0 Å². The van der Waals surface area contributed by atoms with Crippen molar-refractivity contribution in [2.24, 2.45) is 0 Å². The van der Waals surface area contributed by atoms with E-state index in [2.05, 4.69) is 43.8 Å². The van der Waals surface area contributed by atoms with Crippen molar-refractivity contribution in [2.75, 3.05) is 5.32 Å². The molecular formula is C19H19N5. The number of benzene rings is 2. The molecular weight excluding hydrogens is 298 g/mol. The fourth-order valence-corrected chi connectivity index (χ4v) is 2.57. The fraction of sp³-hybridized carbons (Fsp3) is 0.211. The molecule has 1 saturated carbocycles. The van der Waals surface area contributed by atoms with E-state index in [1.54, 1.807) is 6.33 Å². The number of aromatic nitrogens is 3. The van der Waals surface area contributed by atoms with Crippen molar-refractivity contribution in [2.45, 2.75) is 25.4 Å². The van der Waals surface area contributed by atoms with Crippen molar-refractivity contribution in [1.82, 2.24) is 20.3 Å². The normalized spacial score (nSPS) is 13.7. The van der Waals surface area contributed by atoms with Gasteiger partial charge in [0.25, 0.3) is 0 Å². The maximum atomic E-state index is 4.58. The number of hydrogen-bond acceptors (Lipinski definition) is 5. The molecule has 0 saturated heterocycles. The van der Waals surface area contributed by atoms with Gasteiger partial charge in [0.15, 0.2) is 5.82 Å². The first-order chi connectivity index (χ1) is 11.9. The zero-order chi connectivity index (χ0) is 16.2. The molecule has 1 aliphatic carbocycles. The van der Waals surface area contributed by atoms with Crippen LogP contribution in [0, 0.1) is 0 Å². The molecule has 1 heterocycles. The van der Waals surface area contributed by atoms with E-state index in [1.807, 2.05) is 36.4 Å². The number of hydrogen-bond donors (Lipinski definition) is 2. The minimum atomic E-state index is 0.552. The molecule has 120 valence electrons. The third kappa shape index (κ3) is 3.58. The second-order valence-electron chi connectivity index (χ2n) is 5.94. The second-order valence-corrected chi connectivity index (χ2v) is 5.94. The summed E-state index contributed by atoms with van der Waals surface area (Å²) in [5, 5.41) is 6.77. The molecule has 1 aliphatic rings. The highest BCUT2D eigenvalue weighted by atomic mass is 15.1. The summed E-state index contributed by atoms with van der Waals surface area (Å²) in [4.78, 5) is 13.2. The van der Waals surface area contributed by atoms with E-state index in [4.69, 9.17) is 0 Å². The average molecular weight is 317 g/mol. The van der Waals surface area contributed by atoms with Crippen LogP contribution in [0.4, 0.5) is 11.6 Å². The lowest BCUT2D eigenvalue weighted by molar-refractivity contribution is 0.688. The smallest absolute Gasteiger partial charge is 0.230 e. The predicted octanol–water partition coefficient (Wildman–Crippen LogP) is 3.53. The van der Waals surface area contributed by atoms with E-state index < -0.39 is 0 Å². The molecule has 0 bridgehead atoms. The predicted molar refractivity (Wildman–Crippen MR) is 94.8 cm³/mol. The lowest BCUT2D eigenvalue weighted by Crippen LogP contribution is -2.16. The molecule has 24 heavy (non-hydrogen) atoms. The Bertz CT molecular complexity index is 815. The SMILES string of the molecule is c1ccc(Nc2ncnc(-c3ccccc3CNC3CC3)n2)cc1. The van der Waals surface area contributed by atoms with Crippen LogP contribution in [0.1, 0.15) is 18.4 Å². The Hall–Kier alpha value is -2.79. The van der Waals surface area contributed by atoms with Crippen molar-refractivity contribution >= 4 is 11.6 Å². The fourth-order valence-electron chi connectivity index (χ4n) is 2.57. The largest absolute Gasteiger partial charge is 0.324 e. The molecule has 4 rings (SSSR count). The quantitative estimate of drug-likeness (QED) is 0.728. The summed E-state index contributed by atoms with van der Waals surface area (Å²) in [6.07, 6.45) is 4.11. The molecule has 0 spiro atoms.